The topological polar surface area (TPSA) is 79.0 Å². The van der Waals surface area contributed by atoms with Crippen molar-refractivity contribution in [1.82, 2.24) is 25.5 Å². The maximum absolute atomic E-state index is 5.74. The van der Waals surface area contributed by atoms with Gasteiger partial charge < -0.3 is 15.0 Å². The summed E-state index contributed by atoms with van der Waals surface area (Å²) in [4.78, 5) is 12.2. The predicted molar refractivity (Wildman–Crippen MR) is 129 cm³/mol. The van der Waals surface area contributed by atoms with Crippen molar-refractivity contribution in [3.05, 3.63) is 42.1 Å². The molecule has 1 saturated heterocycles. The van der Waals surface area contributed by atoms with Crippen LogP contribution in [0.15, 0.2) is 36.5 Å². The number of nitrogens with one attached hydrogen (secondary N) is 2. The molecule has 7 heteroatoms. The summed E-state index contributed by atoms with van der Waals surface area (Å²) in [5.41, 5.74) is 5.74. The number of hydrogen-bond acceptors (Lipinski definition) is 6. The quantitative estimate of drug-likeness (QED) is 0.498. The van der Waals surface area contributed by atoms with Crippen LogP contribution < -0.4 is 15.0 Å². The van der Waals surface area contributed by atoms with Gasteiger partial charge in [0.15, 0.2) is 0 Å². The molecule has 2 N–H and O–H groups in total. The van der Waals surface area contributed by atoms with E-state index in [-0.39, 0.29) is 5.54 Å². The molecule has 1 atom stereocenters. The lowest BCUT2D eigenvalue weighted by Crippen LogP contribution is -2.44. The Bertz CT molecular complexity index is 1290. The Morgan fingerprint density at radius 2 is 1.91 bits per heavy atom. The lowest BCUT2D eigenvalue weighted by Gasteiger charge is -2.26. The van der Waals surface area contributed by atoms with E-state index in [4.69, 9.17) is 14.7 Å². The number of fused-ring (bicyclic) bond motifs is 2. The summed E-state index contributed by atoms with van der Waals surface area (Å²) in [6.45, 7) is 10.7. The number of aromatic amines is 1. The standard InChI is InChI=1S/C25H30N6O/c1-15-23-16(13-26-30-23)12-18(24(15)32-5)19-6-7-21-20(27-19)8-9-22(28-21)31-11-10-17(14-31)29-25(2,3)4/h6-9,12-13,17,29H,10-11,14H2,1-5H3,(H,26,30). The molecule has 0 aliphatic carbocycles. The normalized spacial score (nSPS) is 16.9. The molecule has 5 rings (SSSR count). The summed E-state index contributed by atoms with van der Waals surface area (Å²) in [5, 5.41) is 12.0. The van der Waals surface area contributed by atoms with E-state index in [0.29, 0.717) is 6.04 Å². The van der Waals surface area contributed by atoms with Crippen LogP contribution in [0.1, 0.15) is 32.8 Å². The Morgan fingerprint density at radius 1 is 1.12 bits per heavy atom. The second-order valence-corrected chi connectivity index (χ2v) is 9.65. The van der Waals surface area contributed by atoms with E-state index in [0.717, 1.165) is 69.8 Å². The van der Waals surface area contributed by atoms with Crippen molar-refractivity contribution in [1.29, 1.82) is 0 Å². The summed E-state index contributed by atoms with van der Waals surface area (Å²) >= 11 is 0. The molecular formula is C25H30N6O. The Labute approximate surface area is 188 Å². The molecule has 0 bridgehead atoms. The Hall–Kier alpha value is -3.19. The van der Waals surface area contributed by atoms with Crippen LogP contribution in [0.5, 0.6) is 5.75 Å². The molecule has 1 unspecified atom stereocenters. The van der Waals surface area contributed by atoms with Gasteiger partial charge >= 0.3 is 0 Å². The molecule has 1 fully saturated rings. The monoisotopic (exact) mass is 430 g/mol. The zero-order valence-electron chi connectivity index (χ0n) is 19.4. The van der Waals surface area contributed by atoms with Crippen LogP contribution in [0.2, 0.25) is 0 Å². The van der Waals surface area contributed by atoms with E-state index in [1.807, 2.05) is 19.2 Å². The van der Waals surface area contributed by atoms with Crippen molar-refractivity contribution in [3.8, 4) is 17.0 Å². The number of pyridine rings is 2. The highest BCUT2D eigenvalue weighted by atomic mass is 16.5. The molecule has 0 saturated carbocycles. The molecule has 166 valence electrons. The van der Waals surface area contributed by atoms with Crippen molar-refractivity contribution < 1.29 is 4.74 Å². The fourth-order valence-electron chi connectivity index (χ4n) is 4.72. The highest BCUT2D eigenvalue weighted by Crippen LogP contribution is 2.37. The first kappa shape index (κ1) is 20.7. The third-order valence-electron chi connectivity index (χ3n) is 6.09. The van der Waals surface area contributed by atoms with Gasteiger partial charge in [-0.2, -0.15) is 5.10 Å². The Morgan fingerprint density at radius 3 is 2.69 bits per heavy atom. The van der Waals surface area contributed by atoms with E-state index in [1.165, 1.54) is 0 Å². The van der Waals surface area contributed by atoms with Crippen LogP contribution in [0, 0.1) is 6.92 Å². The van der Waals surface area contributed by atoms with Gasteiger partial charge in [-0.25, -0.2) is 9.97 Å². The molecule has 0 spiro atoms. The minimum absolute atomic E-state index is 0.122. The number of H-pyrrole nitrogens is 1. The smallest absolute Gasteiger partial charge is 0.133 e. The van der Waals surface area contributed by atoms with E-state index in [2.05, 4.69) is 65.5 Å². The van der Waals surface area contributed by atoms with Crippen molar-refractivity contribution in [2.45, 2.75) is 45.7 Å². The van der Waals surface area contributed by atoms with Gasteiger partial charge in [0, 0.05) is 41.2 Å². The molecule has 0 radical (unpaired) electrons. The van der Waals surface area contributed by atoms with Crippen molar-refractivity contribution >= 4 is 27.8 Å². The first-order valence-electron chi connectivity index (χ1n) is 11.1. The van der Waals surface area contributed by atoms with E-state index >= 15 is 0 Å². The molecule has 4 aromatic rings. The molecule has 7 nitrogen and oxygen atoms in total. The molecule has 1 aliphatic heterocycles. The van der Waals surface area contributed by atoms with Gasteiger partial charge in [-0.15, -0.1) is 0 Å². The number of anilines is 1. The van der Waals surface area contributed by atoms with Gasteiger partial charge in [0.05, 0.1) is 35.6 Å². The van der Waals surface area contributed by atoms with E-state index < -0.39 is 0 Å². The highest BCUT2D eigenvalue weighted by Gasteiger charge is 2.26. The minimum atomic E-state index is 0.122. The van der Waals surface area contributed by atoms with Crippen LogP contribution in [0.25, 0.3) is 33.2 Å². The maximum atomic E-state index is 5.74. The molecule has 1 aliphatic rings. The van der Waals surface area contributed by atoms with Crippen LogP contribution in [0.3, 0.4) is 0 Å². The zero-order chi connectivity index (χ0) is 22.5. The van der Waals surface area contributed by atoms with Crippen LogP contribution in [-0.2, 0) is 0 Å². The molecule has 0 amide bonds. The van der Waals surface area contributed by atoms with Crippen molar-refractivity contribution in [2.24, 2.45) is 0 Å². The van der Waals surface area contributed by atoms with Gasteiger partial charge in [-0.1, -0.05) is 0 Å². The number of aromatic nitrogens is 4. The third kappa shape index (κ3) is 3.77. The molecule has 3 aromatic heterocycles. The molecule has 1 aromatic carbocycles. The average molecular weight is 431 g/mol. The van der Waals surface area contributed by atoms with E-state index in [1.54, 1.807) is 7.11 Å². The van der Waals surface area contributed by atoms with Gasteiger partial charge in [0.1, 0.15) is 11.6 Å². The lowest BCUT2D eigenvalue weighted by molar-refractivity contribution is 0.373. The highest BCUT2D eigenvalue weighted by molar-refractivity contribution is 5.91. The fourth-order valence-corrected chi connectivity index (χ4v) is 4.72. The van der Waals surface area contributed by atoms with Gasteiger partial charge in [0.25, 0.3) is 0 Å². The van der Waals surface area contributed by atoms with Crippen LogP contribution >= 0.6 is 0 Å². The number of nitrogens with zero attached hydrogens (tertiary/aromatic N) is 4. The number of rotatable bonds is 4. The number of methoxy groups -OCH3 is 1. The van der Waals surface area contributed by atoms with E-state index in [9.17, 15) is 0 Å². The summed E-state index contributed by atoms with van der Waals surface area (Å²) in [5.74, 6) is 1.83. The summed E-state index contributed by atoms with van der Waals surface area (Å²) < 4.78 is 5.74. The summed E-state index contributed by atoms with van der Waals surface area (Å²) in [6.07, 6.45) is 2.96. The van der Waals surface area contributed by atoms with Crippen molar-refractivity contribution in [3.63, 3.8) is 0 Å². The molecular weight excluding hydrogens is 400 g/mol. The Kier molecular flexibility index (Phi) is 5.01. The van der Waals surface area contributed by atoms with Crippen LogP contribution in [0.4, 0.5) is 5.82 Å². The Balaban J connectivity index is 1.46. The average Bonchev–Trinajstić information content (AvgIpc) is 3.41. The molecule has 4 heterocycles. The fraction of sp³-hybridized carbons (Fsp3) is 0.400. The predicted octanol–water partition coefficient (Wildman–Crippen LogP) is 4.46. The number of benzene rings is 1. The lowest BCUT2D eigenvalue weighted by atomic mass is 10.0. The van der Waals surface area contributed by atoms with Crippen molar-refractivity contribution in [2.75, 3.05) is 25.1 Å². The largest absolute Gasteiger partial charge is 0.496 e. The SMILES string of the molecule is COc1c(-c2ccc3nc(N4CCC(NC(C)(C)C)C4)ccc3n2)cc2cn[nH]c2c1C. The van der Waals surface area contributed by atoms with Gasteiger partial charge in [0.2, 0.25) is 0 Å². The first-order valence-corrected chi connectivity index (χ1v) is 11.1. The summed E-state index contributed by atoms with van der Waals surface area (Å²) in [6, 6.07) is 10.8. The molecule has 32 heavy (non-hydrogen) atoms. The first-order chi connectivity index (χ1) is 15.3. The van der Waals surface area contributed by atoms with Gasteiger partial charge in [-0.3, -0.25) is 5.10 Å². The number of aryl methyl sites for hydroxylation is 1. The number of ether oxygens (including phenoxy) is 1. The second-order valence-electron chi connectivity index (χ2n) is 9.65. The second kappa shape index (κ2) is 7.74. The number of hydrogen-bond donors (Lipinski definition) is 2. The van der Waals surface area contributed by atoms with Crippen LogP contribution in [-0.4, -0.2) is 51.9 Å². The minimum Gasteiger partial charge on any atom is -0.496 e. The maximum Gasteiger partial charge on any atom is 0.133 e. The summed E-state index contributed by atoms with van der Waals surface area (Å²) in [7, 11) is 1.70. The van der Waals surface area contributed by atoms with Gasteiger partial charge in [-0.05, 0) is 64.4 Å². The third-order valence-corrected chi connectivity index (χ3v) is 6.09. The zero-order valence-corrected chi connectivity index (χ0v) is 19.4.